The molecule has 1 unspecified atom stereocenters. The van der Waals surface area contributed by atoms with E-state index in [0.29, 0.717) is 12.1 Å². The average Bonchev–Trinajstić information content (AvgIpc) is 2.20. The van der Waals surface area contributed by atoms with Crippen molar-refractivity contribution in [2.24, 2.45) is 0 Å². The van der Waals surface area contributed by atoms with Crippen LogP contribution in [-0.2, 0) is 0 Å². The molecule has 0 N–H and O–H groups in total. The summed E-state index contributed by atoms with van der Waals surface area (Å²) in [7, 11) is 0. The Labute approximate surface area is 116 Å². The molecule has 1 rings (SSSR count). The van der Waals surface area contributed by atoms with E-state index < -0.39 is 28.9 Å². The maximum atomic E-state index is 13.3. The van der Waals surface area contributed by atoms with Crippen molar-refractivity contribution in [3.05, 3.63) is 33.0 Å². The van der Waals surface area contributed by atoms with Crippen LogP contribution in [0.4, 0.5) is 26.3 Å². The first-order chi connectivity index (χ1) is 7.98. The molecule has 0 fully saturated rings. The van der Waals surface area contributed by atoms with Crippen LogP contribution in [0.1, 0.15) is 10.9 Å². The number of rotatable bonds is 2. The monoisotopic (exact) mass is 374 g/mol. The maximum absolute atomic E-state index is 13.3. The van der Waals surface area contributed by atoms with E-state index in [9.17, 15) is 26.3 Å². The molecule has 0 bridgehead atoms. The van der Waals surface area contributed by atoms with Gasteiger partial charge in [-0.05, 0) is 28.1 Å². The Morgan fingerprint density at radius 1 is 1.11 bits per heavy atom. The molecule has 0 radical (unpaired) electrons. The number of alkyl halides is 6. The standard InChI is InChI=1S/C9H3BrCl2F6/c10-4-2-6(13)3(1-5(4)11)7(12)8(14,15)9(16,17)18/h1-2,7H. The molecular weight excluding hydrogens is 373 g/mol. The van der Waals surface area contributed by atoms with E-state index in [2.05, 4.69) is 15.9 Å². The first-order valence-electron chi connectivity index (χ1n) is 4.21. The summed E-state index contributed by atoms with van der Waals surface area (Å²) < 4.78 is 75.5. The molecule has 0 aliphatic heterocycles. The molecule has 9 heteroatoms. The molecule has 0 aliphatic rings. The van der Waals surface area contributed by atoms with Gasteiger partial charge in [-0.15, -0.1) is 11.6 Å². The SMILES string of the molecule is Fc1cc(Br)c(Cl)cc1C(Cl)C(F)(F)C(F)(F)F. The Bertz CT molecular complexity index is 459. The summed E-state index contributed by atoms with van der Waals surface area (Å²) in [4.78, 5) is 0. The number of hydrogen-bond acceptors (Lipinski definition) is 0. The molecule has 0 aliphatic carbocycles. The van der Waals surface area contributed by atoms with Crippen molar-refractivity contribution in [1.82, 2.24) is 0 Å². The Hall–Kier alpha value is -0.140. The van der Waals surface area contributed by atoms with Crippen molar-refractivity contribution in [3.63, 3.8) is 0 Å². The van der Waals surface area contributed by atoms with Crippen LogP contribution < -0.4 is 0 Å². The van der Waals surface area contributed by atoms with E-state index >= 15 is 0 Å². The number of halogens is 9. The number of hydrogen-bond donors (Lipinski definition) is 0. The lowest BCUT2D eigenvalue weighted by Crippen LogP contribution is -2.40. The van der Waals surface area contributed by atoms with Crippen LogP contribution in [0.15, 0.2) is 16.6 Å². The molecule has 0 saturated heterocycles. The van der Waals surface area contributed by atoms with Gasteiger partial charge >= 0.3 is 12.1 Å². The van der Waals surface area contributed by atoms with Gasteiger partial charge in [0.15, 0.2) is 0 Å². The second-order valence-corrected chi connectivity index (χ2v) is 4.97. The molecule has 0 nitrogen and oxygen atoms in total. The van der Waals surface area contributed by atoms with Crippen LogP contribution in [0.5, 0.6) is 0 Å². The third-order valence-electron chi connectivity index (χ3n) is 2.01. The van der Waals surface area contributed by atoms with Gasteiger partial charge in [0, 0.05) is 10.0 Å². The van der Waals surface area contributed by atoms with Gasteiger partial charge in [-0.25, -0.2) is 4.39 Å². The molecule has 1 atom stereocenters. The summed E-state index contributed by atoms with van der Waals surface area (Å²) in [5.74, 6) is -6.58. The zero-order valence-electron chi connectivity index (χ0n) is 8.13. The lowest BCUT2D eigenvalue weighted by atomic mass is 10.1. The summed E-state index contributed by atoms with van der Waals surface area (Å²) in [5, 5.41) is -3.13. The maximum Gasteiger partial charge on any atom is 0.455 e. The highest BCUT2D eigenvalue weighted by molar-refractivity contribution is 9.10. The molecule has 102 valence electrons. The van der Waals surface area contributed by atoms with Crippen molar-refractivity contribution < 1.29 is 26.3 Å². The topological polar surface area (TPSA) is 0 Å². The van der Waals surface area contributed by atoms with Crippen LogP contribution in [0.3, 0.4) is 0 Å². The zero-order valence-corrected chi connectivity index (χ0v) is 11.2. The Balaban J connectivity index is 3.27. The van der Waals surface area contributed by atoms with Crippen LogP contribution in [-0.4, -0.2) is 12.1 Å². The minimum Gasteiger partial charge on any atom is -0.207 e. The fourth-order valence-corrected chi connectivity index (χ4v) is 1.85. The molecule has 0 aromatic heterocycles. The summed E-state index contributed by atoms with van der Waals surface area (Å²) >= 11 is 13.3. The zero-order chi connectivity index (χ0) is 14.3. The highest BCUT2D eigenvalue weighted by Crippen LogP contribution is 2.49. The van der Waals surface area contributed by atoms with Crippen molar-refractivity contribution in [2.45, 2.75) is 17.5 Å². The minimum atomic E-state index is -5.88. The minimum absolute atomic E-state index is 0.0182. The van der Waals surface area contributed by atoms with E-state index in [4.69, 9.17) is 23.2 Å². The fourth-order valence-electron chi connectivity index (χ4n) is 1.07. The molecule has 0 heterocycles. The summed E-state index contributed by atoms with van der Waals surface area (Å²) in [5.41, 5.74) is -1.02. The van der Waals surface area contributed by atoms with Crippen molar-refractivity contribution in [1.29, 1.82) is 0 Å². The average molecular weight is 376 g/mol. The largest absolute Gasteiger partial charge is 0.455 e. The van der Waals surface area contributed by atoms with Gasteiger partial charge in [0.05, 0.1) is 5.02 Å². The van der Waals surface area contributed by atoms with E-state index in [0.717, 1.165) is 0 Å². The molecule has 0 amide bonds. The van der Waals surface area contributed by atoms with E-state index in [-0.39, 0.29) is 9.50 Å². The Morgan fingerprint density at radius 3 is 2.06 bits per heavy atom. The van der Waals surface area contributed by atoms with Gasteiger partial charge in [-0.3, -0.25) is 0 Å². The predicted molar refractivity (Wildman–Crippen MR) is 58.7 cm³/mol. The third kappa shape index (κ3) is 2.88. The van der Waals surface area contributed by atoms with Gasteiger partial charge in [0.1, 0.15) is 11.2 Å². The Morgan fingerprint density at radius 2 is 1.61 bits per heavy atom. The van der Waals surface area contributed by atoms with Gasteiger partial charge in [0.2, 0.25) is 0 Å². The van der Waals surface area contributed by atoms with Gasteiger partial charge in [-0.1, -0.05) is 11.6 Å². The van der Waals surface area contributed by atoms with Crippen molar-refractivity contribution >= 4 is 39.1 Å². The van der Waals surface area contributed by atoms with Crippen LogP contribution in [0.25, 0.3) is 0 Å². The number of benzene rings is 1. The second-order valence-electron chi connectivity index (χ2n) is 3.27. The van der Waals surface area contributed by atoms with Crippen LogP contribution in [0.2, 0.25) is 5.02 Å². The molecule has 18 heavy (non-hydrogen) atoms. The molecular formula is C9H3BrCl2F6. The van der Waals surface area contributed by atoms with E-state index in [1.807, 2.05) is 0 Å². The molecule has 0 saturated carbocycles. The third-order valence-corrected chi connectivity index (χ3v) is 3.72. The second kappa shape index (κ2) is 5.09. The summed E-state index contributed by atoms with van der Waals surface area (Å²) in [6.45, 7) is 0. The molecule has 1 aromatic rings. The first-order valence-corrected chi connectivity index (χ1v) is 5.82. The van der Waals surface area contributed by atoms with Crippen LogP contribution >= 0.6 is 39.1 Å². The summed E-state index contributed by atoms with van der Waals surface area (Å²) in [6, 6.07) is 1.29. The fraction of sp³-hybridized carbons (Fsp3) is 0.333. The summed E-state index contributed by atoms with van der Waals surface area (Å²) in [6.07, 6.45) is -5.88. The lowest BCUT2D eigenvalue weighted by molar-refractivity contribution is -0.283. The Kier molecular flexibility index (Phi) is 4.50. The van der Waals surface area contributed by atoms with Gasteiger partial charge in [-0.2, -0.15) is 22.0 Å². The highest BCUT2D eigenvalue weighted by atomic mass is 79.9. The van der Waals surface area contributed by atoms with Crippen LogP contribution in [0, 0.1) is 5.82 Å². The quantitative estimate of drug-likeness (QED) is 0.352. The predicted octanol–water partition coefficient (Wildman–Crippen LogP) is 5.72. The smallest absolute Gasteiger partial charge is 0.207 e. The molecule has 0 spiro atoms. The van der Waals surface area contributed by atoms with E-state index in [1.54, 1.807) is 0 Å². The molecule has 1 aromatic carbocycles. The van der Waals surface area contributed by atoms with Crippen molar-refractivity contribution in [3.8, 4) is 0 Å². The highest BCUT2D eigenvalue weighted by Gasteiger charge is 2.62. The first kappa shape index (κ1) is 15.9. The van der Waals surface area contributed by atoms with Crippen molar-refractivity contribution in [2.75, 3.05) is 0 Å². The van der Waals surface area contributed by atoms with E-state index in [1.165, 1.54) is 0 Å². The normalized spacial score (nSPS) is 14.7. The lowest BCUT2D eigenvalue weighted by Gasteiger charge is -2.25. The van der Waals surface area contributed by atoms with Gasteiger partial charge in [0.25, 0.3) is 0 Å². The van der Waals surface area contributed by atoms with Gasteiger partial charge < -0.3 is 0 Å².